The molecule has 2 saturated carbocycles. The van der Waals surface area contributed by atoms with Gasteiger partial charge in [0.1, 0.15) is 0 Å². The standard InChI is InChI=1S/C14H12F2N2S/c15-14(16)9-3-7(4-10(9)14)12-13-8(1-2-19-13)11-5-17-6-18(11)12/h1-2,5-7,9-10,12H,3-4H2/t7?,9-,10+,12-/m1/s1. The summed E-state index contributed by atoms with van der Waals surface area (Å²) >= 11 is 1.75. The van der Waals surface area contributed by atoms with Crippen molar-refractivity contribution in [2.45, 2.75) is 24.8 Å². The third kappa shape index (κ3) is 1.14. The Bertz CT molecular complexity index is 620. The Hall–Kier alpha value is -1.23. The van der Waals surface area contributed by atoms with E-state index in [9.17, 15) is 8.78 Å². The van der Waals surface area contributed by atoms with Gasteiger partial charge in [0, 0.05) is 22.3 Å². The Morgan fingerprint density at radius 1 is 1.32 bits per heavy atom. The molecule has 0 aromatic carbocycles. The van der Waals surface area contributed by atoms with Crippen LogP contribution in [0, 0.1) is 17.8 Å². The molecule has 98 valence electrons. The smallest absolute Gasteiger partial charge is 0.254 e. The molecule has 5 rings (SSSR count). The van der Waals surface area contributed by atoms with E-state index in [4.69, 9.17) is 0 Å². The van der Waals surface area contributed by atoms with Gasteiger partial charge >= 0.3 is 0 Å². The minimum atomic E-state index is -2.37. The van der Waals surface area contributed by atoms with Crippen LogP contribution in [-0.2, 0) is 0 Å². The first-order chi connectivity index (χ1) is 9.18. The van der Waals surface area contributed by atoms with Crippen molar-refractivity contribution in [2.75, 3.05) is 0 Å². The van der Waals surface area contributed by atoms with Crippen molar-refractivity contribution >= 4 is 11.3 Å². The van der Waals surface area contributed by atoms with Gasteiger partial charge in [-0.15, -0.1) is 11.3 Å². The van der Waals surface area contributed by atoms with Gasteiger partial charge in [0.2, 0.25) is 0 Å². The van der Waals surface area contributed by atoms with E-state index < -0.39 is 5.92 Å². The van der Waals surface area contributed by atoms with Gasteiger partial charge in [0.25, 0.3) is 5.92 Å². The van der Waals surface area contributed by atoms with Gasteiger partial charge in [0.15, 0.2) is 0 Å². The number of hydrogen-bond donors (Lipinski definition) is 0. The number of imidazole rings is 1. The van der Waals surface area contributed by atoms with E-state index in [0.717, 1.165) is 5.69 Å². The van der Waals surface area contributed by atoms with Crippen molar-refractivity contribution in [1.29, 1.82) is 0 Å². The maximum absolute atomic E-state index is 13.4. The Labute approximate surface area is 113 Å². The lowest BCUT2D eigenvalue weighted by Gasteiger charge is -2.23. The summed E-state index contributed by atoms with van der Waals surface area (Å²) in [5, 5.41) is 2.10. The minimum Gasteiger partial charge on any atom is -0.322 e. The van der Waals surface area contributed by atoms with Crippen LogP contribution in [0.5, 0.6) is 0 Å². The quantitative estimate of drug-likeness (QED) is 0.775. The Balaban J connectivity index is 1.55. The Morgan fingerprint density at radius 3 is 2.89 bits per heavy atom. The Kier molecular flexibility index (Phi) is 1.71. The van der Waals surface area contributed by atoms with Crippen molar-refractivity contribution in [2.24, 2.45) is 17.8 Å². The van der Waals surface area contributed by atoms with E-state index in [1.807, 2.05) is 12.5 Å². The zero-order valence-electron chi connectivity index (χ0n) is 10.1. The van der Waals surface area contributed by atoms with Crippen LogP contribution < -0.4 is 0 Å². The summed E-state index contributed by atoms with van der Waals surface area (Å²) in [6, 6.07) is 2.37. The van der Waals surface area contributed by atoms with Gasteiger partial charge in [-0.2, -0.15) is 0 Å². The molecule has 2 aliphatic carbocycles. The average Bonchev–Trinajstić information content (AvgIpc) is 2.95. The largest absolute Gasteiger partial charge is 0.322 e. The first-order valence-corrected chi connectivity index (χ1v) is 7.53. The molecule has 0 amide bonds. The van der Waals surface area contributed by atoms with Gasteiger partial charge in [-0.1, -0.05) is 0 Å². The number of hydrogen-bond acceptors (Lipinski definition) is 2. The topological polar surface area (TPSA) is 17.8 Å². The normalized spacial score (nSPS) is 36.9. The van der Waals surface area contributed by atoms with E-state index >= 15 is 0 Å². The van der Waals surface area contributed by atoms with E-state index in [2.05, 4.69) is 21.0 Å². The number of nitrogens with zero attached hydrogens (tertiary/aromatic N) is 2. The zero-order chi connectivity index (χ0) is 12.8. The highest BCUT2D eigenvalue weighted by molar-refractivity contribution is 7.10. The highest BCUT2D eigenvalue weighted by Crippen LogP contribution is 2.68. The molecule has 2 aromatic heterocycles. The van der Waals surface area contributed by atoms with Crippen molar-refractivity contribution in [3.63, 3.8) is 0 Å². The lowest BCUT2D eigenvalue weighted by atomic mass is 9.93. The first kappa shape index (κ1) is 10.5. The van der Waals surface area contributed by atoms with Gasteiger partial charge in [-0.3, -0.25) is 0 Å². The fourth-order valence-electron chi connectivity index (χ4n) is 4.17. The van der Waals surface area contributed by atoms with Gasteiger partial charge in [-0.05, 0) is 30.2 Å². The third-order valence-electron chi connectivity index (χ3n) is 5.13. The first-order valence-electron chi connectivity index (χ1n) is 6.65. The van der Waals surface area contributed by atoms with E-state index in [0.29, 0.717) is 18.8 Å². The molecule has 0 radical (unpaired) electrons. The number of alkyl halides is 2. The monoisotopic (exact) mass is 278 g/mol. The summed E-state index contributed by atoms with van der Waals surface area (Å²) in [4.78, 5) is 5.56. The maximum atomic E-state index is 13.4. The number of fused-ring (bicyclic) bond motifs is 4. The van der Waals surface area contributed by atoms with E-state index in [1.165, 1.54) is 10.4 Å². The summed E-state index contributed by atoms with van der Waals surface area (Å²) in [7, 11) is 0. The van der Waals surface area contributed by atoms with Crippen LogP contribution in [0.3, 0.4) is 0 Å². The summed E-state index contributed by atoms with van der Waals surface area (Å²) < 4.78 is 28.9. The predicted octanol–water partition coefficient (Wildman–Crippen LogP) is 3.81. The average molecular weight is 278 g/mol. The van der Waals surface area contributed by atoms with Gasteiger partial charge < -0.3 is 4.57 Å². The zero-order valence-corrected chi connectivity index (χ0v) is 10.9. The van der Waals surface area contributed by atoms with E-state index in [1.54, 1.807) is 11.3 Å². The molecule has 0 saturated heterocycles. The molecular weight excluding hydrogens is 266 g/mol. The van der Waals surface area contributed by atoms with Gasteiger partial charge in [0.05, 0.1) is 24.3 Å². The summed E-state index contributed by atoms with van der Waals surface area (Å²) in [5.41, 5.74) is 2.40. The second kappa shape index (κ2) is 3.08. The van der Waals surface area contributed by atoms with Crippen LogP contribution in [-0.4, -0.2) is 15.5 Å². The summed E-state index contributed by atoms with van der Waals surface area (Å²) in [6.45, 7) is 0. The number of rotatable bonds is 1. The predicted molar refractivity (Wildman–Crippen MR) is 68.3 cm³/mol. The fourth-order valence-corrected chi connectivity index (χ4v) is 5.27. The third-order valence-corrected chi connectivity index (χ3v) is 6.12. The van der Waals surface area contributed by atoms with Crippen molar-refractivity contribution in [3.8, 4) is 11.3 Å². The van der Waals surface area contributed by atoms with Crippen LogP contribution in [0.4, 0.5) is 8.78 Å². The highest BCUT2D eigenvalue weighted by atomic mass is 32.1. The SMILES string of the molecule is FC1(F)[C@@H]2CC([C@@H]3c4sccc4-c4cncn43)C[C@@H]21. The molecule has 0 N–H and O–H groups in total. The van der Waals surface area contributed by atoms with Crippen LogP contribution in [0.15, 0.2) is 24.0 Å². The second-order valence-corrected chi connectivity index (χ2v) is 6.90. The molecule has 1 unspecified atom stereocenters. The molecule has 2 aromatic rings. The lowest BCUT2D eigenvalue weighted by Crippen LogP contribution is -2.18. The molecule has 0 bridgehead atoms. The molecule has 3 aliphatic rings. The molecule has 3 heterocycles. The molecule has 19 heavy (non-hydrogen) atoms. The second-order valence-electron chi connectivity index (χ2n) is 5.95. The molecule has 0 spiro atoms. The molecule has 2 fully saturated rings. The molecule has 2 nitrogen and oxygen atoms in total. The van der Waals surface area contributed by atoms with Crippen molar-refractivity contribution in [1.82, 2.24) is 9.55 Å². The van der Waals surface area contributed by atoms with Crippen LogP contribution in [0.1, 0.15) is 23.8 Å². The number of thiophene rings is 1. The van der Waals surface area contributed by atoms with Crippen LogP contribution in [0.25, 0.3) is 11.3 Å². The van der Waals surface area contributed by atoms with Crippen LogP contribution >= 0.6 is 11.3 Å². The van der Waals surface area contributed by atoms with Gasteiger partial charge in [-0.25, -0.2) is 13.8 Å². The fraction of sp³-hybridized carbons (Fsp3) is 0.500. The summed E-state index contributed by atoms with van der Waals surface area (Å²) in [5.74, 6) is -2.73. The lowest BCUT2D eigenvalue weighted by molar-refractivity contribution is 0.0602. The molecule has 1 aliphatic heterocycles. The number of halogens is 2. The Morgan fingerprint density at radius 2 is 2.11 bits per heavy atom. The summed E-state index contributed by atoms with van der Waals surface area (Å²) in [6.07, 6.45) is 5.07. The van der Waals surface area contributed by atoms with Crippen molar-refractivity contribution < 1.29 is 8.78 Å². The van der Waals surface area contributed by atoms with E-state index in [-0.39, 0.29) is 17.9 Å². The molecular formula is C14H12F2N2S. The molecule has 4 atom stereocenters. The minimum absolute atomic E-state index is 0.246. The maximum Gasteiger partial charge on any atom is 0.254 e. The highest BCUT2D eigenvalue weighted by Gasteiger charge is 2.72. The van der Waals surface area contributed by atoms with Crippen LogP contribution in [0.2, 0.25) is 0 Å². The molecule has 5 heteroatoms. The van der Waals surface area contributed by atoms with Crippen molar-refractivity contribution in [3.05, 3.63) is 28.8 Å². The number of aromatic nitrogens is 2.